The van der Waals surface area contributed by atoms with Gasteiger partial charge in [0.25, 0.3) is 0 Å². The molecule has 0 saturated heterocycles. The summed E-state index contributed by atoms with van der Waals surface area (Å²) in [6, 6.07) is -1.61. The van der Waals surface area contributed by atoms with Gasteiger partial charge in [-0.3, -0.25) is 4.79 Å². The summed E-state index contributed by atoms with van der Waals surface area (Å²) in [6.45, 7) is 12.3. The van der Waals surface area contributed by atoms with Crippen LogP contribution in [-0.2, 0) is 19.1 Å². The Bertz CT molecular complexity index is 401. The normalized spacial score (nSPS) is 14.0. The molecule has 0 fully saturated rings. The third-order valence-electron chi connectivity index (χ3n) is 2.40. The topological polar surface area (TPSA) is 93.7 Å². The highest BCUT2D eigenvalue weighted by atomic mass is 16.6. The molecule has 0 radical (unpaired) electrons. The Morgan fingerprint density at radius 2 is 1.50 bits per heavy atom. The Morgan fingerprint density at radius 3 is 1.95 bits per heavy atom. The van der Waals surface area contributed by atoms with E-state index >= 15 is 0 Å². The lowest BCUT2D eigenvalue weighted by Gasteiger charge is -2.22. The highest BCUT2D eigenvalue weighted by molar-refractivity contribution is 5.89. The maximum atomic E-state index is 11.9. The Morgan fingerprint density at radius 1 is 0.955 bits per heavy atom. The summed E-state index contributed by atoms with van der Waals surface area (Å²) >= 11 is 0. The minimum Gasteiger partial charge on any atom is -0.464 e. The lowest BCUT2D eigenvalue weighted by atomic mass is 10.2. The Kier molecular flexibility index (Phi) is 7.90. The molecule has 0 bridgehead atoms. The van der Waals surface area contributed by atoms with E-state index in [1.54, 1.807) is 20.8 Å². The number of esters is 1. The van der Waals surface area contributed by atoms with Crippen LogP contribution in [0, 0.1) is 5.92 Å². The quantitative estimate of drug-likeness (QED) is 0.726. The number of rotatable bonds is 6. The summed E-state index contributed by atoms with van der Waals surface area (Å²) in [5, 5.41) is 4.89. The van der Waals surface area contributed by atoms with Crippen molar-refractivity contribution in [2.24, 2.45) is 5.92 Å². The number of amides is 2. The molecule has 2 N–H and O–H groups in total. The molecule has 0 aromatic carbocycles. The van der Waals surface area contributed by atoms with Gasteiger partial charge in [0.15, 0.2) is 0 Å². The summed E-state index contributed by atoms with van der Waals surface area (Å²) < 4.78 is 10.1. The van der Waals surface area contributed by atoms with E-state index in [2.05, 4.69) is 10.6 Å². The summed E-state index contributed by atoms with van der Waals surface area (Å²) in [6.07, 6.45) is -0.690. The number of nitrogens with one attached hydrogen (secondary N) is 2. The van der Waals surface area contributed by atoms with E-state index in [4.69, 9.17) is 9.47 Å². The number of carbonyl (C=O) groups is 3. The SMILES string of the molecule is CC(C)COC(=O)[C@H](C)NC(=O)[C@H](C)NC(=O)OC(C)(C)C. The van der Waals surface area contributed by atoms with E-state index in [9.17, 15) is 14.4 Å². The van der Waals surface area contributed by atoms with Gasteiger partial charge in [0.1, 0.15) is 17.7 Å². The van der Waals surface area contributed by atoms with Crippen LogP contribution in [0.1, 0.15) is 48.5 Å². The second kappa shape index (κ2) is 8.60. The van der Waals surface area contributed by atoms with Gasteiger partial charge in [0.2, 0.25) is 5.91 Å². The largest absolute Gasteiger partial charge is 0.464 e. The third kappa shape index (κ3) is 9.20. The first-order valence-electron chi connectivity index (χ1n) is 7.39. The first-order valence-corrected chi connectivity index (χ1v) is 7.39. The fraction of sp³-hybridized carbons (Fsp3) is 0.800. The maximum Gasteiger partial charge on any atom is 0.408 e. The third-order valence-corrected chi connectivity index (χ3v) is 2.40. The molecule has 2 amide bonds. The zero-order valence-electron chi connectivity index (χ0n) is 14.5. The van der Waals surface area contributed by atoms with Crippen LogP contribution in [0.25, 0.3) is 0 Å². The van der Waals surface area contributed by atoms with Crippen molar-refractivity contribution < 1.29 is 23.9 Å². The molecule has 2 atom stereocenters. The van der Waals surface area contributed by atoms with Crippen molar-refractivity contribution in [3.8, 4) is 0 Å². The fourth-order valence-corrected chi connectivity index (χ4v) is 1.32. The van der Waals surface area contributed by atoms with E-state index in [1.807, 2.05) is 13.8 Å². The molecule has 0 spiro atoms. The van der Waals surface area contributed by atoms with Gasteiger partial charge in [0.05, 0.1) is 6.61 Å². The van der Waals surface area contributed by atoms with Crippen LogP contribution >= 0.6 is 0 Å². The maximum absolute atomic E-state index is 11.9. The number of alkyl carbamates (subject to hydrolysis) is 1. The van der Waals surface area contributed by atoms with Gasteiger partial charge in [-0.2, -0.15) is 0 Å². The van der Waals surface area contributed by atoms with Gasteiger partial charge >= 0.3 is 12.1 Å². The molecule has 7 nitrogen and oxygen atoms in total. The summed E-state index contributed by atoms with van der Waals surface area (Å²) in [5.41, 5.74) is -0.645. The van der Waals surface area contributed by atoms with Crippen molar-refractivity contribution in [3.05, 3.63) is 0 Å². The van der Waals surface area contributed by atoms with Gasteiger partial charge in [-0.1, -0.05) is 13.8 Å². The van der Waals surface area contributed by atoms with Crippen molar-refractivity contribution in [1.82, 2.24) is 10.6 Å². The van der Waals surface area contributed by atoms with Gasteiger partial charge in [-0.25, -0.2) is 9.59 Å². The van der Waals surface area contributed by atoms with E-state index in [0.717, 1.165) is 0 Å². The summed E-state index contributed by atoms with van der Waals surface area (Å²) in [4.78, 5) is 35.1. The first-order chi connectivity index (χ1) is 9.92. The van der Waals surface area contributed by atoms with Gasteiger partial charge in [-0.05, 0) is 40.5 Å². The Balaban J connectivity index is 4.29. The Hall–Kier alpha value is -1.79. The molecule has 0 rings (SSSR count). The lowest BCUT2D eigenvalue weighted by Crippen LogP contribution is -2.50. The second-order valence-electron chi connectivity index (χ2n) is 6.62. The molecule has 0 aromatic heterocycles. The standard InChI is InChI=1S/C15H28N2O5/c1-9(2)8-21-13(19)11(4)16-12(18)10(3)17-14(20)22-15(5,6)7/h9-11H,8H2,1-7H3,(H,16,18)(H,17,20)/t10-,11-/m0/s1. The number of carbonyl (C=O) groups excluding carboxylic acids is 3. The molecule has 0 aliphatic heterocycles. The van der Waals surface area contributed by atoms with E-state index < -0.39 is 35.7 Å². The number of hydrogen-bond acceptors (Lipinski definition) is 5. The van der Waals surface area contributed by atoms with E-state index in [-0.39, 0.29) is 5.92 Å². The molecule has 0 aromatic rings. The highest BCUT2D eigenvalue weighted by Gasteiger charge is 2.24. The van der Waals surface area contributed by atoms with E-state index in [1.165, 1.54) is 13.8 Å². The monoisotopic (exact) mass is 316 g/mol. The summed E-state index contributed by atoms with van der Waals surface area (Å²) in [7, 11) is 0. The van der Waals surface area contributed by atoms with Crippen LogP contribution < -0.4 is 10.6 Å². The molecule has 0 aliphatic carbocycles. The van der Waals surface area contributed by atoms with Crippen LogP contribution in [-0.4, -0.2) is 42.3 Å². The van der Waals surface area contributed by atoms with Crippen LogP contribution in [0.2, 0.25) is 0 Å². The number of hydrogen-bond donors (Lipinski definition) is 2. The minimum atomic E-state index is -0.824. The van der Waals surface area contributed by atoms with Crippen LogP contribution in [0.4, 0.5) is 4.79 Å². The van der Waals surface area contributed by atoms with Gasteiger partial charge < -0.3 is 20.1 Å². The Labute approximate surface area is 132 Å². The predicted octanol–water partition coefficient (Wildman–Crippen LogP) is 1.60. The first kappa shape index (κ1) is 20.2. The molecule has 0 saturated carbocycles. The van der Waals surface area contributed by atoms with Crippen molar-refractivity contribution in [2.75, 3.05) is 6.61 Å². The highest BCUT2D eigenvalue weighted by Crippen LogP contribution is 2.06. The van der Waals surface area contributed by atoms with Crippen LogP contribution in [0.5, 0.6) is 0 Å². The zero-order valence-corrected chi connectivity index (χ0v) is 14.5. The molecule has 0 aliphatic rings. The molecule has 7 heteroatoms. The molecular formula is C15H28N2O5. The molecule has 0 unspecified atom stereocenters. The van der Waals surface area contributed by atoms with E-state index in [0.29, 0.717) is 6.61 Å². The molecule has 0 heterocycles. The van der Waals surface area contributed by atoms with Gasteiger partial charge in [0, 0.05) is 0 Å². The molecule has 128 valence electrons. The van der Waals surface area contributed by atoms with Crippen molar-refractivity contribution in [1.29, 1.82) is 0 Å². The average Bonchev–Trinajstić information content (AvgIpc) is 2.32. The minimum absolute atomic E-state index is 0.222. The lowest BCUT2D eigenvalue weighted by molar-refractivity contribution is -0.148. The predicted molar refractivity (Wildman–Crippen MR) is 82.2 cm³/mol. The van der Waals surface area contributed by atoms with Gasteiger partial charge in [-0.15, -0.1) is 0 Å². The average molecular weight is 316 g/mol. The zero-order chi connectivity index (χ0) is 17.5. The van der Waals surface area contributed by atoms with Crippen molar-refractivity contribution >= 4 is 18.0 Å². The summed E-state index contributed by atoms with van der Waals surface area (Å²) in [5.74, 6) is -0.772. The second-order valence-corrected chi connectivity index (χ2v) is 6.62. The fourth-order valence-electron chi connectivity index (χ4n) is 1.32. The van der Waals surface area contributed by atoms with Crippen molar-refractivity contribution in [2.45, 2.75) is 66.2 Å². The molecular weight excluding hydrogens is 288 g/mol. The van der Waals surface area contributed by atoms with Crippen LogP contribution in [0.3, 0.4) is 0 Å². The van der Waals surface area contributed by atoms with Crippen molar-refractivity contribution in [3.63, 3.8) is 0 Å². The number of ether oxygens (including phenoxy) is 2. The smallest absolute Gasteiger partial charge is 0.408 e. The van der Waals surface area contributed by atoms with Crippen LogP contribution in [0.15, 0.2) is 0 Å². The molecule has 22 heavy (non-hydrogen) atoms.